The van der Waals surface area contributed by atoms with Gasteiger partial charge in [-0.3, -0.25) is 4.90 Å². The van der Waals surface area contributed by atoms with Crippen molar-refractivity contribution in [2.24, 2.45) is 5.92 Å². The molecule has 6 nitrogen and oxygen atoms in total. The number of morpholine rings is 1. The minimum Gasteiger partial charge on any atom is -0.497 e. The molecule has 0 spiro atoms. The molecule has 0 radical (unpaired) electrons. The van der Waals surface area contributed by atoms with Gasteiger partial charge in [0.05, 0.1) is 31.2 Å². The predicted octanol–water partition coefficient (Wildman–Crippen LogP) is 3.99. The monoisotopic (exact) mass is 434 g/mol. The van der Waals surface area contributed by atoms with Crippen LogP contribution in [0.2, 0.25) is 0 Å². The standard InChI is InChI=1S/C26H34N4O2/c1-20(2)17-29-13-14-32-25(19-29)16-27-15-22-18-30(23-7-5-4-6-8-23)28-26(22)21-9-11-24(31-3)12-10-21/h4-12,18,20,25,27H,13-17,19H2,1-3H3/t25-/m1/s1. The number of para-hydroxylation sites is 1. The van der Waals surface area contributed by atoms with Gasteiger partial charge in [-0.15, -0.1) is 0 Å². The van der Waals surface area contributed by atoms with Gasteiger partial charge in [0.2, 0.25) is 0 Å². The Kier molecular flexibility index (Phi) is 7.58. The van der Waals surface area contributed by atoms with Crippen molar-refractivity contribution >= 4 is 0 Å². The second-order valence-corrected chi connectivity index (χ2v) is 8.79. The summed E-state index contributed by atoms with van der Waals surface area (Å²) >= 11 is 0. The van der Waals surface area contributed by atoms with Crippen molar-refractivity contribution in [2.75, 3.05) is 39.9 Å². The molecule has 1 saturated heterocycles. The normalized spacial score (nSPS) is 17.1. The third kappa shape index (κ3) is 5.76. The van der Waals surface area contributed by atoms with E-state index in [2.05, 4.69) is 54.5 Å². The summed E-state index contributed by atoms with van der Waals surface area (Å²) in [6.45, 7) is 10.1. The van der Waals surface area contributed by atoms with E-state index in [1.807, 2.05) is 35.0 Å². The summed E-state index contributed by atoms with van der Waals surface area (Å²) in [5.74, 6) is 1.52. The van der Waals surface area contributed by atoms with Gasteiger partial charge in [0.15, 0.2) is 0 Å². The smallest absolute Gasteiger partial charge is 0.118 e. The van der Waals surface area contributed by atoms with Crippen LogP contribution in [-0.4, -0.2) is 60.7 Å². The Bertz CT molecular complexity index is 969. The first-order valence-corrected chi connectivity index (χ1v) is 11.5. The largest absolute Gasteiger partial charge is 0.497 e. The predicted molar refractivity (Wildman–Crippen MR) is 128 cm³/mol. The number of hydrogen-bond acceptors (Lipinski definition) is 5. The van der Waals surface area contributed by atoms with Gasteiger partial charge in [0, 0.05) is 50.0 Å². The van der Waals surface area contributed by atoms with E-state index in [0.717, 1.165) is 67.6 Å². The van der Waals surface area contributed by atoms with Crippen molar-refractivity contribution in [3.05, 3.63) is 66.4 Å². The first-order chi connectivity index (χ1) is 15.6. The average molecular weight is 435 g/mol. The van der Waals surface area contributed by atoms with Crippen LogP contribution in [0.1, 0.15) is 19.4 Å². The van der Waals surface area contributed by atoms with E-state index in [4.69, 9.17) is 14.6 Å². The molecule has 1 aromatic heterocycles. The summed E-state index contributed by atoms with van der Waals surface area (Å²) in [4.78, 5) is 2.51. The fourth-order valence-corrected chi connectivity index (χ4v) is 4.20. The molecule has 2 heterocycles. The number of nitrogens with zero attached hydrogens (tertiary/aromatic N) is 3. The lowest BCUT2D eigenvalue weighted by Gasteiger charge is -2.34. The van der Waals surface area contributed by atoms with E-state index in [9.17, 15) is 0 Å². The third-order valence-corrected chi connectivity index (χ3v) is 5.71. The van der Waals surface area contributed by atoms with Gasteiger partial charge in [-0.05, 0) is 42.3 Å². The zero-order chi connectivity index (χ0) is 22.3. The molecule has 2 aromatic carbocycles. The number of aromatic nitrogens is 2. The summed E-state index contributed by atoms with van der Waals surface area (Å²) in [5.41, 5.74) is 4.27. The van der Waals surface area contributed by atoms with Crippen LogP contribution in [0.15, 0.2) is 60.8 Å². The van der Waals surface area contributed by atoms with Gasteiger partial charge in [-0.1, -0.05) is 32.0 Å². The lowest BCUT2D eigenvalue weighted by molar-refractivity contribution is -0.0303. The molecule has 1 N–H and O–H groups in total. The highest BCUT2D eigenvalue weighted by Crippen LogP contribution is 2.26. The summed E-state index contributed by atoms with van der Waals surface area (Å²) < 4.78 is 13.3. The molecule has 3 aromatic rings. The van der Waals surface area contributed by atoms with Crippen LogP contribution in [0.4, 0.5) is 0 Å². The van der Waals surface area contributed by atoms with Crippen molar-refractivity contribution in [1.29, 1.82) is 0 Å². The number of rotatable bonds is 9. The fourth-order valence-electron chi connectivity index (χ4n) is 4.20. The molecular formula is C26H34N4O2. The quantitative estimate of drug-likeness (QED) is 0.552. The van der Waals surface area contributed by atoms with Crippen molar-refractivity contribution in [3.8, 4) is 22.7 Å². The number of nitrogens with one attached hydrogen (secondary N) is 1. The minimum absolute atomic E-state index is 0.219. The average Bonchev–Trinajstić information content (AvgIpc) is 3.24. The van der Waals surface area contributed by atoms with Crippen molar-refractivity contribution in [1.82, 2.24) is 20.0 Å². The van der Waals surface area contributed by atoms with E-state index in [1.54, 1.807) is 7.11 Å². The van der Waals surface area contributed by atoms with Gasteiger partial charge >= 0.3 is 0 Å². The van der Waals surface area contributed by atoms with Crippen LogP contribution >= 0.6 is 0 Å². The topological polar surface area (TPSA) is 51.5 Å². The molecule has 0 aliphatic carbocycles. The Morgan fingerprint density at radius 3 is 2.62 bits per heavy atom. The molecule has 0 amide bonds. The maximum Gasteiger partial charge on any atom is 0.118 e. The summed E-state index contributed by atoms with van der Waals surface area (Å²) in [6.07, 6.45) is 2.34. The molecule has 6 heteroatoms. The molecule has 0 unspecified atom stereocenters. The molecule has 0 saturated carbocycles. The SMILES string of the molecule is COc1ccc(-c2nn(-c3ccccc3)cc2CNC[C@@H]2CN(CC(C)C)CCO2)cc1. The Labute approximate surface area is 191 Å². The summed E-state index contributed by atoms with van der Waals surface area (Å²) in [7, 11) is 1.68. The molecule has 0 bridgehead atoms. The van der Waals surface area contributed by atoms with Crippen molar-refractivity contribution in [3.63, 3.8) is 0 Å². The second kappa shape index (κ2) is 10.8. The molecule has 1 aliphatic rings. The maximum absolute atomic E-state index is 6.00. The highest BCUT2D eigenvalue weighted by Gasteiger charge is 2.21. The molecule has 1 atom stereocenters. The van der Waals surface area contributed by atoms with E-state index in [-0.39, 0.29) is 6.10 Å². The van der Waals surface area contributed by atoms with Gasteiger partial charge in [-0.2, -0.15) is 5.10 Å². The summed E-state index contributed by atoms with van der Waals surface area (Å²) in [5, 5.41) is 8.53. The molecule has 170 valence electrons. The van der Waals surface area contributed by atoms with Crippen LogP contribution in [0.25, 0.3) is 16.9 Å². The van der Waals surface area contributed by atoms with E-state index < -0.39 is 0 Å². The molecule has 32 heavy (non-hydrogen) atoms. The number of hydrogen-bond donors (Lipinski definition) is 1. The Morgan fingerprint density at radius 1 is 1.12 bits per heavy atom. The Balaban J connectivity index is 1.47. The fraction of sp³-hybridized carbons (Fsp3) is 0.423. The van der Waals surface area contributed by atoms with Crippen LogP contribution in [-0.2, 0) is 11.3 Å². The maximum atomic E-state index is 6.00. The number of methoxy groups -OCH3 is 1. The van der Waals surface area contributed by atoms with E-state index in [0.29, 0.717) is 5.92 Å². The second-order valence-electron chi connectivity index (χ2n) is 8.79. The Morgan fingerprint density at radius 2 is 1.91 bits per heavy atom. The molecule has 1 aliphatic heterocycles. The zero-order valence-corrected chi connectivity index (χ0v) is 19.3. The van der Waals surface area contributed by atoms with Gasteiger partial charge in [0.1, 0.15) is 5.75 Å². The zero-order valence-electron chi connectivity index (χ0n) is 19.3. The lowest BCUT2D eigenvalue weighted by atomic mass is 10.1. The highest BCUT2D eigenvalue weighted by molar-refractivity contribution is 5.64. The van der Waals surface area contributed by atoms with E-state index >= 15 is 0 Å². The molecule has 4 rings (SSSR count). The van der Waals surface area contributed by atoms with Crippen molar-refractivity contribution in [2.45, 2.75) is 26.5 Å². The van der Waals surface area contributed by atoms with Crippen LogP contribution < -0.4 is 10.1 Å². The lowest BCUT2D eigenvalue weighted by Crippen LogP contribution is -2.47. The van der Waals surface area contributed by atoms with Crippen molar-refractivity contribution < 1.29 is 9.47 Å². The van der Waals surface area contributed by atoms with Crippen LogP contribution in [0, 0.1) is 5.92 Å². The van der Waals surface area contributed by atoms with Gasteiger partial charge < -0.3 is 14.8 Å². The van der Waals surface area contributed by atoms with Gasteiger partial charge in [0.25, 0.3) is 0 Å². The Hall–Kier alpha value is -2.67. The molecule has 1 fully saturated rings. The summed E-state index contributed by atoms with van der Waals surface area (Å²) in [6, 6.07) is 18.3. The first kappa shape index (κ1) is 22.5. The van der Waals surface area contributed by atoms with Crippen LogP contribution in [0.5, 0.6) is 5.75 Å². The number of ether oxygens (including phenoxy) is 2. The molecular weight excluding hydrogens is 400 g/mol. The third-order valence-electron chi connectivity index (χ3n) is 5.71. The number of benzene rings is 2. The van der Waals surface area contributed by atoms with E-state index in [1.165, 1.54) is 0 Å². The van der Waals surface area contributed by atoms with Crippen LogP contribution in [0.3, 0.4) is 0 Å². The highest BCUT2D eigenvalue weighted by atomic mass is 16.5. The van der Waals surface area contributed by atoms with Gasteiger partial charge in [-0.25, -0.2) is 4.68 Å². The first-order valence-electron chi connectivity index (χ1n) is 11.5. The minimum atomic E-state index is 0.219.